The van der Waals surface area contributed by atoms with E-state index in [1.54, 1.807) is 0 Å². The molecule has 13 heteroatoms. The van der Waals surface area contributed by atoms with E-state index in [0.717, 1.165) is 5.56 Å². The van der Waals surface area contributed by atoms with Crippen LogP contribution in [0.5, 0.6) is 0 Å². The molecule has 0 saturated carbocycles. The number of H-pyrrole nitrogens is 2. The molecule has 13 nitrogen and oxygen atoms in total. The number of benzene rings is 1. The fraction of sp³-hybridized carbons (Fsp3) is 0.304. The summed E-state index contributed by atoms with van der Waals surface area (Å²) in [5, 5.41) is 17.0. The molecule has 3 amide bonds. The highest BCUT2D eigenvalue weighted by Crippen LogP contribution is 2.04. The minimum absolute atomic E-state index is 0.0131. The van der Waals surface area contributed by atoms with Crippen LogP contribution in [0.15, 0.2) is 55.4 Å². The van der Waals surface area contributed by atoms with Crippen LogP contribution in [0.25, 0.3) is 0 Å². The molecule has 190 valence electrons. The highest BCUT2D eigenvalue weighted by molar-refractivity contribution is 5.90. The molecule has 3 aromatic rings. The molecular formula is C23H27N7O6. The number of carbonyl (C=O) groups is 4. The summed E-state index contributed by atoms with van der Waals surface area (Å²) in [6.45, 7) is 0.0734. The smallest absolute Gasteiger partial charge is 0.407 e. The van der Waals surface area contributed by atoms with Crippen molar-refractivity contribution in [2.24, 2.45) is 0 Å². The van der Waals surface area contributed by atoms with Gasteiger partial charge in [-0.3, -0.25) is 9.59 Å². The average Bonchev–Trinajstić information content (AvgIpc) is 3.57. The summed E-state index contributed by atoms with van der Waals surface area (Å²) in [4.78, 5) is 62.3. The second kappa shape index (κ2) is 13.3. The lowest BCUT2D eigenvalue weighted by Gasteiger charge is -2.21. The van der Waals surface area contributed by atoms with Gasteiger partial charge in [-0.15, -0.1) is 0 Å². The van der Waals surface area contributed by atoms with Crippen LogP contribution in [0.1, 0.15) is 23.4 Å². The van der Waals surface area contributed by atoms with Crippen LogP contribution in [-0.4, -0.2) is 67.5 Å². The largest absolute Gasteiger partial charge is 0.480 e. The van der Waals surface area contributed by atoms with E-state index in [1.165, 1.54) is 25.0 Å². The Hall–Kier alpha value is -4.68. The summed E-state index contributed by atoms with van der Waals surface area (Å²) in [6.07, 6.45) is 5.03. The third-order valence-corrected chi connectivity index (χ3v) is 5.06. The summed E-state index contributed by atoms with van der Waals surface area (Å²) < 4.78 is 5.09. The van der Waals surface area contributed by atoms with Gasteiger partial charge in [0, 0.05) is 49.6 Å². The molecule has 0 bridgehead atoms. The standard InChI is InChI=1S/C23H27N7O6/c31-20(6-7-26-23(35)36-12-15-4-2-1-3-5-15)29-18(8-16-10-24-13-27-16)21(32)30-19(22(33)34)9-17-11-25-14-28-17/h1-5,10-11,13-14,18-19H,6-9,12H2,(H,24,27)(H,25,28)(H,26,35)(H,29,31)(H,30,32)(H,33,34)/t18-,19-/m0/s1. The Labute approximate surface area is 206 Å². The van der Waals surface area contributed by atoms with Gasteiger partial charge in [0.2, 0.25) is 11.8 Å². The first kappa shape index (κ1) is 25.9. The van der Waals surface area contributed by atoms with Crippen molar-refractivity contribution in [3.05, 3.63) is 72.3 Å². The van der Waals surface area contributed by atoms with Crippen molar-refractivity contribution in [1.82, 2.24) is 35.9 Å². The molecule has 36 heavy (non-hydrogen) atoms. The molecule has 0 radical (unpaired) electrons. The first-order valence-corrected chi connectivity index (χ1v) is 11.1. The van der Waals surface area contributed by atoms with Gasteiger partial charge in [0.05, 0.1) is 12.7 Å². The lowest BCUT2D eigenvalue weighted by molar-refractivity contribution is -0.142. The summed E-state index contributed by atoms with van der Waals surface area (Å²) in [5.74, 6) is -2.43. The number of hydrogen-bond donors (Lipinski definition) is 6. The Morgan fingerprint density at radius 3 is 2.14 bits per heavy atom. The second-order valence-electron chi connectivity index (χ2n) is 7.82. The Kier molecular flexibility index (Phi) is 9.56. The molecule has 1 aromatic carbocycles. The van der Waals surface area contributed by atoms with E-state index in [0.29, 0.717) is 11.4 Å². The number of amides is 3. The Balaban J connectivity index is 1.50. The molecular weight excluding hydrogens is 470 g/mol. The van der Waals surface area contributed by atoms with Crippen LogP contribution in [-0.2, 0) is 38.6 Å². The van der Waals surface area contributed by atoms with Crippen molar-refractivity contribution < 1.29 is 29.0 Å². The number of imidazole rings is 2. The fourth-order valence-corrected chi connectivity index (χ4v) is 3.23. The number of hydrogen-bond acceptors (Lipinski definition) is 7. The van der Waals surface area contributed by atoms with Gasteiger partial charge in [-0.25, -0.2) is 19.6 Å². The topological polar surface area (TPSA) is 191 Å². The number of carbonyl (C=O) groups excluding carboxylic acids is 3. The van der Waals surface area contributed by atoms with E-state index in [-0.39, 0.29) is 32.4 Å². The number of aromatic nitrogens is 4. The van der Waals surface area contributed by atoms with Gasteiger partial charge >= 0.3 is 12.1 Å². The summed E-state index contributed by atoms with van der Waals surface area (Å²) in [7, 11) is 0. The molecule has 2 heterocycles. The highest BCUT2D eigenvalue weighted by atomic mass is 16.5. The molecule has 0 unspecified atom stereocenters. The van der Waals surface area contributed by atoms with Crippen LogP contribution in [0.3, 0.4) is 0 Å². The molecule has 3 rings (SSSR count). The predicted octanol–water partition coefficient (Wildman–Crippen LogP) is 0.289. The Morgan fingerprint density at radius 1 is 0.917 bits per heavy atom. The predicted molar refractivity (Wildman–Crippen MR) is 125 cm³/mol. The van der Waals surface area contributed by atoms with E-state index in [9.17, 15) is 24.3 Å². The maximum Gasteiger partial charge on any atom is 0.407 e. The molecule has 0 aliphatic heterocycles. The molecule has 2 aromatic heterocycles. The molecule has 0 aliphatic rings. The zero-order valence-corrected chi connectivity index (χ0v) is 19.3. The van der Waals surface area contributed by atoms with Crippen molar-refractivity contribution >= 4 is 23.9 Å². The zero-order chi connectivity index (χ0) is 25.8. The van der Waals surface area contributed by atoms with Crippen LogP contribution in [0.2, 0.25) is 0 Å². The third kappa shape index (κ3) is 8.59. The second-order valence-corrected chi connectivity index (χ2v) is 7.82. The first-order valence-electron chi connectivity index (χ1n) is 11.1. The molecule has 0 spiro atoms. The summed E-state index contributed by atoms with van der Waals surface area (Å²) >= 11 is 0. The number of aliphatic carboxylic acids is 1. The number of aromatic amines is 2. The van der Waals surface area contributed by atoms with E-state index in [4.69, 9.17) is 4.74 Å². The monoisotopic (exact) mass is 497 g/mol. The van der Waals surface area contributed by atoms with Crippen LogP contribution in [0, 0.1) is 0 Å². The van der Waals surface area contributed by atoms with Crippen molar-refractivity contribution in [2.75, 3.05) is 6.54 Å². The van der Waals surface area contributed by atoms with Crippen LogP contribution < -0.4 is 16.0 Å². The van der Waals surface area contributed by atoms with Crippen molar-refractivity contribution in [3.8, 4) is 0 Å². The van der Waals surface area contributed by atoms with Crippen LogP contribution >= 0.6 is 0 Å². The van der Waals surface area contributed by atoms with Gasteiger partial charge in [-0.1, -0.05) is 30.3 Å². The van der Waals surface area contributed by atoms with E-state index in [1.807, 2.05) is 30.3 Å². The molecule has 0 aliphatic carbocycles. The normalized spacial score (nSPS) is 12.2. The van der Waals surface area contributed by atoms with Gasteiger partial charge in [0.1, 0.15) is 18.7 Å². The third-order valence-electron chi connectivity index (χ3n) is 5.06. The zero-order valence-electron chi connectivity index (χ0n) is 19.3. The van der Waals surface area contributed by atoms with Crippen molar-refractivity contribution in [2.45, 2.75) is 38.0 Å². The maximum atomic E-state index is 12.9. The van der Waals surface area contributed by atoms with Crippen molar-refractivity contribution in [3.63, 3.8) is 0 Å². The first-order chi connectivity index (χ1) is 17.4. The summed E-state index contributed by atoms with van der Waals surface area (Å²) in [5.41, 5.74) is 1.92. The number of nitrogens with zero attached hydrogens (tertiary/aromatic N) is 2. The number of ether oxygens (including phenoxy) is 1. The van der Waals surface area contributed by atoms with E-state index in [2.05, 4.69) is 35.9 Å². The summed E-state index contributed by atoms with van der Waals surface area (Å²) in [6, 6.07) is 6.82. The number of nitrogens with one attached hydrogen (secondary N) is 5. The highest BCUT2D eigenvalue weighted by Gasteiger charge is 2.27. The Bertz CT molecular complexity index is 1120. The Morgan fingerprint density at radius 2 is 1.56 bits per heavy atom. The van der Waals surface area contributed by atoms with E-state index >= 15 is 0 Å². The SMILES string of the molecule is O=C(CCNC(=O)OCc1ccccc1)N[C@@H](Cc1cnc[nH]1)C(=O)N[C@@H](Cc1cnc[nH]1)C(=O)O. The average molecular weight is 498 g/mol. The van der Waals surface area contributed by atoms with Gasteiger partial charge < -0.3 is 35.8 Å². The number of carboxylic acid groups (broad SMARTS) is 1. The minimum Gasteiger partial charge on any atom is -0.480 e. The van der Waals surface area contributed by atoms with Gasteiger partial charge in [-0.05, 0) is 5.56 Å². The van der Waals surface area contributed by atoms with Gasteiger partial charge in [-0.2, -0.15) is 0 Å². The van der Waals surface area contributed by atoms with Gasteiger partial charge in [0.15, 0.2) is 0 Å². The van der Waals surface area contributed by atoms with Crippen LogP contribution in [0.4, 0.5) is 4.79 Å². The lowest BCUT2D eigenvalue weighted by Crippen LogP contribution is -2.53. The minimum atomic E-state index is -1.24. The van der Waals surface area contributed by atoms with Gasteiger partial charge in [0.25, 0.3) is 0 Å². The molecule has 0 saturated heterocycles. The van der Waals surface area contributed by atoms with E-state index < -0.39 is 36.0 Å². The molecule has 6 N–H and O–H groups in total. The maximum absolute atomic E-state index is 12.9. The molecule has 2 atom stereocenters. The fourth-order valence-electron chi connectivity index (χ4n) is 3.23. The van der Waals surface area contributed by atoms with Crippen molar-refractivity contribution in [1.29, 1.82) is 0 Å². The number of rotatable bonds is 13. The number of carboxylic acids is 1. The quantitative estimate of drug-likeness (QED) is 0.194. The number of alkyl carbamates (subject to hydrolysis) is 1. The lowest BCUT2D eigenvalue weighted by atomic mass is 10.1. The molecule has 0 fully saturated rings.